The molecule has 68 valence electrons. The van der Waals surface area contributed by atoms with Gasteiger partial charge in [0.15, 0.2) is 0 Å². The minimum absolute atomic E-state index is 0.233. The predicted molar refractivity (Wildman–Crippen MR) is 47.0 cm³/mol. The van der Waals surface area contributed by atoms with E-state index >= 15 is 0 Å². The Morgan fingerprint density at radius 1 is 1.77 bits per heavy atom. The van der Waals surface area contributed by atoms with Crippen LogP contribution in [-0.4, -0.2) is 11.1 Å². The summed E-state index contributed by atoms with van der Waals surface area (Å²) >= 11 is 0.912. The Bertz CT molecular complexity index is 366. The molecule has 1 heterocycles. The number of nitrogens with one attached hydrogen (secondary N) is 1. The van der Waals surface area contributed by atoms with Crippen molar-refractivity contribution in [3.63, 3.8) is 0 Å². The highest BCUT2D eigenvalue weighted by molar-refractivity contribution is 8.03. The van der Waals surface area contributed by atoms with E-state index in [1.165, 1.54) is 6.92 Å². The van der Waals surface area contributed by atoms with Crippen LogP contribution in [-0.2, 0) is 4.79 Å². The molecular formula is C7H7N3O2S. The lowest BCUT2D eigenvalue weighted by Gasteiger charge is -1.95. The summed E-state index contributed by atoms with van der Waals surface area (Å²) < 4.78 is 4.80. The number of thiocyanates is 1. The number of aromatic nitrogens is 1. The highest BCUT2D eigenvalue weighted by atomic mass is 32.2. The Kier molecular flexibility index (Phi) is 2.93. The van der Waals surface area contributed by atoms with Gasteiger partial charge in [-0.3, -0.25) is 10.1 Å². The number of hydrogen-bond donors (Lipinski definition) is 1. The summed E-state index contributed by atoms with van der Waals surface area (Å²) in [6.07, 6.45) is 0. The minimum atomic E-state index is -0.254. The summed E-state index contributed by atoms with van der Waals surface area (Å²) in [7, 11) is 0. The Labute approximate surface area is 79.1 Å². The molecule has 5 nitrogen and oxygen atoms in total. The van der Waals surface area contributed by atoms with Crippen LogP contribution in [0.1, 0.15) is 12.6 Å². The van der Waals surface area contributed by atoms with Gasteiger partial charge in [-0.15, -0.1) is 0 Å². The summed E-state index contributed by atoms with van der Waals surface area (Å²) in [5.74, 6) is -0.0208. The quantitative estimate of drug-likeness (QED) is 0.574. The van der Waals surface area contributed by atoms with E-state index in [1.807, 2.05) is 5.40 Å². The second-order valence-corrected chi connectivity index (χ2v) is 3.10. The van der Waals surface area contributed by atoms with E-state index in [-0.39, 0.29) is 11.8 Å². The molecule has 1 rings (SSSR count). The zero-order valence-electron chi connectivity index (χ0n) is 7.12. The number of rotatable bonds is 2. The lowest BCUT2D eigenvalue weighted by atomic mass is 10.4. The monoisotopic (exact) mass is 197 g/mol. The molecule has 0 atom stereocenters. The molecule has 1 N–H and O–H groups in total. The van der Waals surface area contributed by atoms with Gasteiger partial charge in [0.05, 0.1) is 5.69 Å². The molecule has 0 saturated carbocycles. The summed E-state index contributed by atoms with van der Waals surface area (Å²) in [6, 6.07) is 0. The summed E-state index contributed by atoms with van der Waals surface area (Å²) in [5, 5.41) is 16.4. The topological polar surface area (TPSA) is 78.9 Å². The van der Waals surface area contributed by atoms with Gasteiger partial charge in [-0.2, -0.15) is 5.26 Å². The van der Waals surface area contributed by atoms with E-state index in [1.54, 1.807) is 6.92 Å². The number of nitrogens with zero attached hydrogens (tertiary/aromatic N) is 2. The highest BCUT2D eigenvalue weighted by Crippen LogP contribution is 2.29. The first-order chi connectivity index (χ1) is 6.15. The molecule has 1 aromatic rings. The fraction of sp³-hybridized carbons (Fsp3) is 0.286. The summed E-state index contributed by atoms with van der Waals surface area (Å²) in [5.41, 5.74) is 0.593. The van der Waals surface area contributed by atoms with Crippen LogP contribution >= 0.6 is 11.8 Å². The Hall–Kier alpha value is -1.48. The number of anilines is 1. The summed E-state index contributed by atoms with van der Waals surface area (Å²) in [4.78, 5) is 11.2. The molecule has 1 aromatic heterocycles. The van der Waals surface area contributed by atoms with Gasteiger partial charge in [-0.05, 0) is 18.7 Å². The molecule has 6 heteroatoms. The van der Waals surface area contributed by atoms with Crippen LogP contribution in [0.2, 0.25) is 0 Å². The van der Waals surface area contributed by atoms with Crippen molar-refractivity contribution in [2.45, 2.75) is 18.7 Å². The zero-order valence-corrected chi connectivity index (χ0v) is 7.94. The number of thioether (sulfide) groups is 1. The van der Waals surface area contributed by atoms with Gasteiger partial charge in [-0.25, -0.2) is 0 Å². The van der Waals surface area contributed by atoms with Crippen molar-refractivity contribution in [1.29, 1.82) is 5.26 Å². The molecule has 0 saturated heterocycles. The maximum atomic E-state index is 10.7. The second kappa shape index (κ2) is 3.96. The number of carbonyl (C=O) groups excluding carboxylic acids is 1. The highest BCUT2D eigenvalue weighted by Gasteiger charge is 2.14. The third-order valence-corrected chi connectivity index (χ3v) is 2.02. The summed E-state index contributed by atoms with van der Waals surface area (Å²) in [6.45, 7) is 3.06. The lowest BCUT2D eigenvalue weighted by molar-refractivity contribution is -0.114. The van der Waals surface area contributed by atoms with Gasteiger partial charge in [0.1, 0.15) is 10.3 Å². The molecule has 0 spiro atoms. The first-order valence-electron chi connectivity index (χ1n) is 3.45. The van der Waals surface area contributed by atoms with Gasteiger partial charge < -0.3 is 4.52 Å². The van der Waals surface area contributed by atoms with Crippen molar-refractivity contribution < 1.29 is 9.32 Å². The van der Waals surface area contributed by atoms with Gasteiger partial charge in [-0.1, -0.05) is 5.16 Å². The normalized spacial score (nSPS) is 9.31. The van der Waals surface area contributed by atoms with E-state index in [9.17, 15) is 4.79 Å². The molecule has 1 amide bonds. The molecule has 0 aromatic carbocycles. The fourth-order valence-corrected chi connectivity index (χ4v) is 1.22. The Balaban J connectivity index is 2.94. The molecule has 0 aliphatic rings. The van der Waals surface area contributed by atoms with Crippen LogP contribution in [0.15, 0.2) is 9.42 Å². The zero-order chi connectivity index (χ0) is 9.84. The largest absolute Gasteiger partial charge is 0.337 e. The SMILES string of the molecule is CC(=O)Nc1onc(C)c1SC#N. The molecule has 0 aliphatic carbocycles. The first kappa shape index (κ1) is 9.61. The molecule has 0 fully saturated rings. The third kappa shape index (κ3) is 2.23. The van der Waals surface area contributed by atoms with Gasteiger partial charge in [0.25, 0.3) is 0 Å². The van der Waals surface area contributed by atoms with Crippen LogP contribution in [0.5, 0.6) is 0 Å². The van der Waals surface area contributed by atoms with E-state index in [0.717, 1.165) is 11.8 Å². The number of carbonyl (C=O) groups is 1. The van der Waals surface area contributed by atoms with Crippen molar-refractivity contribution >= 4 is 23.6 Å². The fourth-order valence-electron chi connectivity index (χ4n) is 0.767. The van der Waals surface area contributed by atoms with Crippen molar-refractivity contribution in [2.24, 2.45) is 0 Å². The number of nitriles is 1. The minimum Gasteiger partial charge on any atom is -0.337 e. The van der Waals surface area contributed by atoms with Crippen molar-refractivity contribution in [2.75, 3.05) is 5.32 Å². The van der Waals surface area contributed by atoms with E-state index < -0.39 is 0 Å². The van der Waals surface area contributed by atoms with Crippen LogP contribution in [0.4, 0.5) is 5.88 Å². The molecule has 0 bridgehead atoms. The standard InChI is InChI=1S/C7H7N3O2S/c1-4-6(13-3-8)7(12-10-4)9-5(2)11/h1-2H3,(H,9,11). The van der Waals surface area contributed by atoms with Crippen LogP contribution in [0.25, 0.3) is 0 Å². The van der Waals surface area contributed by atoms with E-state index in [2.05, 4.69) is 10.5 Å². The Morgan fingerprint density at radius 3 is 3.00 bits per heavy atom. The van der Waals surface area contributed by atoms with Crippen molar-refractivity contribution in [1.82, 2.24) is 5.16 Å². The molecular weight excluding hydrogens is 190 g/mol. The van der Waals surface area contributed by atoms with E-state index in [0.29, 0.717) is 10.6 Å². The lowest BCUT2D eigenvalue weighted by Crippen LogP contribution is -2.05. The van der Waals surface area contributed by atoms with Crippen molar-refractivity contribution in [3.05, 3.63) is 5.69 Å². The maximum Gasteiger partial charge on any atom is 0.246 e. The van der Waals surface area contributed by atoms with Gasteiger partial charge >= 0.3 is 0 Å². The molecule has 13 heavy (non-hydrogen) atoms. The Morgan fingerprint density at radius 2 is 2.46 bits per heavy atom. The molecule has 0 aliphatic heterocycles. The first-order valence-corrected chi connectivity index (χ1v) is 4.26. The number of hydrogen-bond acceptors (Lipinski definition) is 5. The van der Waals surface area contributed by atoms with Crippen LogP contribution < -0.4 is 5.32 Å². The maximum absolute atomic E-state index is 10.7. The molecule has 0 radical (unpaired) electrons. The number of aryl methyl sites for hydroxylation is 1. The van der Waals surface area contributed by atoms with Gasteiger partial charge in [0, 0.05) is 6.92 Å². The van der Waals surface area contributed by atoms with Crippen LogP contribution in [0.3, 0.4) is 0 Å². The van der Waals surface area contributed by atoms with Crippen molar-refractivity contribution in [3.8, 4) is 5.40 Å². The number of amides is 1. The smallest absolute Gasteiger partial charge is 0.246 e. The second-order valence-electron chi connectivity index (χ2n) is 2.30. The average Bonchev–Trinajstić information content (AvgIpc) is 2.35. The third-order valence-electron chi connectivity index (χ3n) is 1.25. The van der Waals surface area contributed by atoms with Gasteiger partial charge in [0.2, 0.25) is 11.8 Å². The van der Waals surface area contributed by atoms with Crippen LogP contribution in [0, 0.1) is 17.6 Å². The van der Waals surface area contributed by atoms with E-state index in [4.69, 9.17) is 9.78 Å². The predicted octanol–water partition coefficient (Wildman–Crippen LogP) is 1.51. The molecule has 0 unspecified atom stereocenters. The average molecular weight is 197 g/mol.